The van der Waals surface area contributed by atoms with Crippen LogP contribution in [0, 0.1) is 6.92 Å². The van der Waals surface area contributed by atoms with E-state index in [1.54, 1.807) is 10.9 Å². The predicted octanol–water partition coefficient (Wildman–Crippen LogP) is 1.98. The number of nitrogens with zero attached hydrogens (tertiary/aromatic N) is 6. The summed E-state index contributed by atoms with van der Waals surface area (Å²) in [5.41, 5.74) is 2.17. The van der Waals surface area contributed by atoms with Crippen LogP contribution in [0.3, 0.4) is 0 Å². The van der Waals surface area contributed by atoms with Crippen LogP contribution in [0.5, 0.6) is 0 Å². The fourth-order valence-electron chi connectivity index (χ4n) is 3.69. The number of aliphatic hydroxyl groups is 1. The van der Waals surface area contributed by atoms with Gasteiger partial charge in [0, 0.05) is 50.7 Å². The minimum absolute atomic E-state index is 0.0675. The van der Waals surface area contributed by atoms with Crippen LogP contribution in [0.1, 0.15) is 24.4 Å². The van der Waals surface area contributed by atoms with Crippen molar-refractivity contribution in [3.05, 3.63) is 54.2 Å². The van der Waals surface area contributed by atoms with Crippen LogP contribution in [0.2, 0.25) is 0 Å². The first-order chi connectivity index (χ1) is 14.1. The topological polar surface area (TPSA) is 83.5 Å². The van der Waals surface area contributed by atoms with Crippen molar-refractivity contribution in [1.29, 1.82) is 0 Å². The Kier molecular flexibility index (Phi) is 6.03. The second-order valence-electron chi connectivity index (χ2n) is 7.72. The average Bonchev–Trinajstić information content (AvgIpc) is 3.41. The summed E-state index contributed by atoms with van der Waals surface area (Å²) in [6, 6.07) is 10.1. The minimum Gasteiger partial charge on any atom is -0.390 e. The maximum Gasteiger partial charge on any atom is 0.244 e. The van der Waals surface area contributed by atoms with Crippen LogP contribution in [-0.2, 0) is 6.54 Å². The van der Waals surface area contributed by atoms with Crippen LogP contribution in [-0.4, -0.2) is 73.7 Å². The third kappa shape index (κ3) is 4.90. The first-order valence-corrected chi connectivity index (χ1v) is 10.1. The maximum atomic E-state index is 10.3. The van der Waals surface area contributed by atoms with Crippen LogP contribution < -0.4 is 0 Å². The number of β-amino-alcohol motifs (C(OH)–C–C–N with tert-alkyl or cyclic N) is 1. The SMILES string of the molecule is Cc1ccc(-c2noc(C(C)N3CCN(CC(O)Cn4cccn4)CC3)n2)cc1. The van der Waals surface area contributed by atoms with Gasteiger partial charge >= 0.3 is 0 Å². The van der Waals surface area contributed by atoms with E-state index in [9.17, 15) is 5.11 Å². The molecule has 0 saturated carbocycles. The molecule has 0 radical (unpaired) electrons. The maximum absolute atomic E-state index is 10.3. The summed E-state index contributed by atoms with van der Waals surface area (Å²) in [4.78, 5) is 9.26. The van der Waals surface area contributed by atoms with E-state index in [4.69, 9.17) is 4.52 Å². The van der Waals surface area contributed by atoms with E-state index in [1.165, 1.54) is 5.56 Å². The molecule has 8 heteroatoms. The fourth-order valence-corrected chi connectivity index (χ4v) is 3.69. The highest BCUT2D eigenvalue weighted by Crippen LogP contribution is 2.23. The van der Waals surface area contributed by atoms with Gasteiger partial charge in [0.1, 0.15) is 0 Å². The Balaban J connectivity index is 1.29. The Labute approximate surface area is 170 Å². The number of aliphatic hydroxyl groups excluding tert-OH is 1. The molecule has 1 aromatic carbocycles. The molecule has 1 N–H and O–H groups in total. The van der Waals surface area contributed by atoms with Crippen molar-refractivity contribution in [2.45, 2.75) is 32.5 Å². The van der Waals surface area contributed by atoms with E-state index in [1.807, 2.05) is 24.4 Å². The summed E-state index contributed by atoms with van der Waals surface area (Å²) in [6.45, 7) is 8.94. The first-order valence-electron chi connectivity index (χ1n) is 10.1. The summed E-state index contributed by atoms with van der Waals surface area (Å²) in [7, 11) is 0. The van der Waals surface area contributed by atoms with Gasteiger partial charge in [-0.05, 0) is 19.9 Å². The molecule has 4 rings (SSSR count). The molecule has 2 unspecified atom stereocenters. The summed E-state index contributed by atoms with van der Waals surface area (Å²) >= 11 is 0. The summed E-state index contributed by atoms with van der Waals surface area (Å²) in [5, 5.41) is 18.6. The number of aromatic nitrogens is 4. The predicted molar refractivity (Wildman–Crippen MR) is 109 cm³/mol. The molecule has 2 atom stereocenters. The summed E-state index contributed by atoms with van der Waals surface area (Å²) < 4.78 is 7.32. The zero-order chi connectivity index (χ0) is 20.2. The molecule has 0 amide bonds. The van der Waals surface area contributed by atoms with Gasteiger partial charge in [-0.3, -0.25) is 14.5 Å². The van der Waals surface area contributed by atoms with Gasteiger partial charge in [-0.25, -0.2) is 0 Å². The molecule has 0 spiro atoms. The van der Waals surface area contributed by atoms with Gasteiger partial charge in [0.05, 0.1) is 18.7 Å². The number of hydrogen-bond donors (Lipinski definition) is 1. The largest absolute Gasteiger partial charge is 0.390 e. The Hall–Kier alpha value is -2.55. The number of piperazine rings is 1. The first kappa shape index (κ1) is 19.8. The molecule has 29 heavy (non-hydrogen) atoms. The van der Waals surface area contributed by atoms with Crippen molar-refractivity contribution in [3.8, 4) is 11.4 Å². The van der Waals surface area contributed by atoms with Crippen molar-refractivity contribution in [2.75, 3.05) is 32.7 Å². The van der Waals surface area contributed by atoms with Gasteiger partial charge in [-0.1, -0.05) is 35.0 Å². The van der Waals surface area contributed by atoms with Gasteiger partial charge in [0.2, 0.25) is 11.7 Å². The Bertz CT molecular complexity index is 884. The van der Waals surface area contributed by atoms with Crippen molar-refractivity contribution >= 4 is 0 Å². The zero-order valence-corrected chi connectivity index (χ0v) is 17.0. The molecule has 3 aromatic rings. The second-order valence-corrected chi connectivity index (χ2v) is 7.72. The van der Waals surface area contributed by atoms with Gasteiger partial charge in [0.15, 0.2) is 0 Å². The number of benzene rings is 1. The van der Waals surface area contributed by atoms with Crippen LogP contribution >= 0.6 is 0 Å². The Morgan fingerprint density at radius 1 is 1.10 bits per heavy atom. The molecule has 0 aliphatic carbocycles. The number of hydrogen-bond acceptors (Lipinski definition) is 7. The van der Waals surface area contributed by atoms with E-state index < -0.39 is 6.10 Å². The molecule has 1 saturated heterocycles. The molecule has 154 valence electrons. The normalized spacial score (nSPS) is 18.0. The fraction of sp³-hybridized carbons (Fsp3) is 0.476. The third-order valence-corrected chi connectivity index (χ3v) is 5.49. The molecule has 1 aliphatic heterocycles. The Morgan fingerprint density at radius 2 is 1.86 bits per heavy atom. The monoisotopic (exact) mass is 396 g/mol. The van der Waals surface area contributed by atoms with Crippen LogP contribution in [0.4, 0.5) is 0 Å². The lowest BCUT2D eigenvalue weighted by molar-refractivity contribution is 0.0459. The zero-order valence-electron chi connectivity index (χ0n) is 17.0. The van der Waals surface area contributed by atoms with Gasteiger partial charge in [-0.2, -0.15) is 10.1 Å². The average molecular weight is 396 g/mol. The summed E-state index contributed by atoms with van der Waals surface area (Å²) in [6.07, 6.45) is 3.18. The van der Waals surface area contributed by atoms with E-state index in [2.05, 4.69) is 51.0 Å². The molecular weight excluding hydrogens is 368 g/mol. The molecule has 2 aromatic heterocycles. The second kappa shape index (κ2) is 8.86. The van der Waals surface area contributed by atoms with E-state index in [-0.39, 0.29) is 6.04 Å². The van der Waals surface area contributed by atoms with Crippen molar-refractivity contribution < 1.29 is 9.63 Å². The number of rotatable bonds is 7. The van der Waals surface area contributed by atoms with Crippen LogP contribution in [0.15, 0.2) is 47.2 Å². The molecule has 8 nitrogen and oxygen atoms in total. The standard InChI is InChI=1S/C21H28N6O2/c1-16-4-6-18(7-5-16)20-23-21(29-24-20)17(2)26-12-10-25(11-13-26)14-19(28)15-27-9-3-8-22-27/h3-9,17,19,28H,10-15H2,1-2H3. The van der Waals surface area contributed by atoms with E-state index in [0.29, 0.717) is 24.8 Å². The lowest BCUT2D eigenvalue weighted by Crippen LogP contribution is -2.49. The van der Waals surface area contributed by atoms with E-state index >= 15 is 0 Å². The van der Waals surface area contributed by atoms with Crippen molar-refractivity contribution in [2.24, 2.45) is 0 Å². The minimum atomic E-state index is -0.424. The number of aryl methyl sites for hydroxylation is 1. The van der Waals surface area contributed by atoms with Gasteiger partial charge in [0.25, 0.3) is 0 Å². The van der Waals surface area contributed by atoms with Crippen molar-refractivity contribution in [3.63, 3.8) is 0 Å². The van der Waals surface area contributed by atoms with Crippen LogP contribution in [0.25, 0.3) is 11.4 Å². The quantitative estimate of drug-likeness (QED) is 0.654. The highest BCUT2D eigenvalue weighted by Gasteiger charge is 2.26. The molecule has 0 bridgehead atoms. The van der Waals surface area contributed by atoms with Crippen molar-refractivity contribution in [1.82, 2.24) is 29.7 Å². The smallest absolute Gasteiger partial charge is 0.244 e. The highest BCUT2D eigenvalue weighted by molar-refractivity contribution is 5.54. The highest BCUT2D eigenvalue weighted by atomic mass is 16.5. The van der Waals surface area contributed by atoms with Gasteiger partial charge < -0.3 is 9.63 Å². The lowest BCUT2D eigenvalue weighted by Gasteiger charge is -2.37. The Morgan fingerprint density at radius 3 is 2.55 bits per heavy atom. The molecule has 1 aliphatic rings. The molecular formula is C21H28N6O2. The molecule has 3 heterocycles. The van der Waals surface area contributed by atoms with E-state index in [0.717, 1.165) is 31.7 Å². The summed E-state index contributed by atoms with van der Waals surface area (Å²) in [5.74, 6) is 1.28. The molecule has 1 fully saturated rings. The van der Waals surface area contributed by atoms with Gasteiger partial charge in [-0.15, -0.1) is 0 Å². The lowest BCUT2D eigenvalue weighted by atomic mass is 10.1. The third-order valence-electron chi connectivity index (χ3n) is 5.49.